The topological polar surface area (TPSA) is 56.6 Å². The van der Waals surface area contributed by atoms with Crippen LogP contribution in [0.2, 0.25) is 0 Å². The predicted molar refractivity (Wildman–Crippen MR) is 79.7 cm³/mol. The maximum Gasteiger partial charge on any atom is 0.137 e. The Morgan fingerprint density at radius 3 is 2.85 bits per heavy atom. The Hall–Kier alpha value is -1.65. The van der Waals surface area contributed by atoms with Crippen molar-refractivity contribution in [2.75, 3.05) is 18.1 Å². The van der Waals surface area contributed by atoms with E-state index in [-0.39, 0.29) is 19.3 Å². The molecular weight excluding hydrogens is 252 g/mol. The molecule has 1 unspecified atom stereocenters. The maximum absolute atomic E-state index is 9.60. The molecule has 2 aromatic rings. The molecule has 2 heterocycles. The molecule has 1 atom stereocenters. The van der Waals surface area contributed by atoms with E-state index in [0.717, 1.165) is 42.4 Å². The van der Waals surface area contributed by atoms with E-state index in [1.165, 1.54) is 0 Å². The molecule has 1 aromatic carbocycles. The van der Waals surface area contributed by atoms with Crippen molar-refractivity contribution < 1.29 is 10.2 Å². The van der Waals surface area contributed by atoms with Crippen molar-refractivity contribution in [3.05, 3.63) is 36.0 Å². The number of pyridine rings is 1. The molecule has 2 N–H and O–H groups in total. The van der Waals surface area contributed by atoms with Crippen molar-refractivity contribution in [3.63, 3.8) is 0 Å². The Bertz CT molecular complexity index is 600. The molecule has 106 valence electrons. The fourth-order valence-electron chi connectivity index (χ4n) is 3.00. The van der Waals surface area contributed by atoms with Crippen LogP contribution in [0.25, 0.3) is 10.8 Å². The van der Waals surface area contributed by atoms with Crippen molar-refractivity contribution in [1.29, 1.82) is 0 Å². The van der Waals surface area contributed by atoms with Crippen molar-refractivity contribution in [1.82, 2.24) is 4.98 Å². The molecule has 1 fully saturated rings. The first-order valence-electron chi connectivity index (χ1n) is 7.20. The minimum absolute atomic E-state index is 0.0601. The second kappa shape index (κ2) is 5.77. The van der Waals surface area contributed by atoms with Crippen molar-refractivity contribution >= 4 is 16.6 Å². The molecule has 1 aromatic heterocycles. The highest BCUT2D eigenvalue weighted by atomic mass is 16.3. The largest absolute Gasteiger partial charge is 0.394 e. The second-order valence-corrected chi connectivity index (χ2v) is 5.34. The fraction of sp³-hybridized carbons (Fsp3) is 0.438. The average molecular weight is 272 g/mol. The zero-order valence-corrected chi connectivity index (χ0v) is 11.5. The standard InChI is InChI=1S/C16H20N2O2/c19-10-13-9-12-5-1-2-7-15(12)16(17-13)18-8-4-3-6-14(18)11-20/h1-2,5,7,9,14,19-20H,3-4,6,8,10-11H2. The SMILES string of the molecule is OCc1cc2ccccc2c(N2CCCCC2CO)n1. The summed E-state index contributed by atoms with van der Waals surface area (Å²) in [5, 5.41) is 21.2. The molecule has 20 heavy (non-hydrogen) atoms. The fourth-order valence-corrected chi connectivity index (χ4v) is 3.00. The van der Waals surface area contributed by atoms with Crippen LogP contribution in [-0.4, -0.2) is 34.4 Å². The first-order valence-corrected chi connectivity index (χ1v) is 7.20. The molecule has 4 heteroatoms. The third-order valence-electron chi connectivity index (χ3n) is 4.05. The maximum atomic E-state index is 9.60. The number of hydrogen-bond acceptors (Lipinski definition) is 4. The summed E-state index contributed by atoms with van der Waals surface area (Å²) in [5.74, 6) is 0.894. The van der Waals surface area contributed by atoms with Gasteiger partial charge in [-0.2, -0.15) is 0 Å². The van der Waals surface area contributed by atoms with Crippen LogP contribution in [0.15, 0.2) is 30.3 Å². The Balaban J connectivity index is 2.13. The lowest BCUT2D eigenvalue weighted by atomic mass is 10.0. The number of fused-ring (bicyclic) bond motifs is 1. The van der Waals surface area contributed by atoms with Crippen LogP contribution in [0.1, 0.15) is 25.0 Å². The Morgan fingerprint density at radius 2 is 2.05 bits per heavy atom. The van der Waals surface area contributed by atoms with Gasteiger partial charge in [0.2, 0.25) is 0 Å². The van der Waals surface area contributed by atoms with Gasteiger partial charge in [-0.05, 0) is 30.7 Å². The molecule has 1 saturated heterocycles. The van der Waals surface area contributed by atoms with Crippen LogP contribution < -0.4 is 4.90 Å². The summed E-state index contributed by atoms with van der Waals surface area (Å²) >= 11 is 0. The summed E-state index contributed by atoms with van der Waals surface area (Å²) in [6, 6.07) is 10.2. The number of nitrogens with zero attached hydrogens (tertiary/aromatic N) is 2. The molecule has 0 aliphatic carbocycles. The van der Waals surface area contributed by atoms with Gasteiger partial charge < -0.3 is 15.1 Å². The van der Waals surface area contributed by atoms with E-state index in [2.05, 4.69) is 16.0 Å². The Morgan fingerprint density at radius 1 is 1.20 bits per heavy atom. The van der Waals surface area contributed by atoms with Gasteiger partial charge in [-0.15, -0.1) is 0 Å². The van der Waals surface area contributed by atoms with Gasteiger partial charge >= 0.3 is 0 Å². The number of aliphatic hydroxyl groups excluding tert-OH is 2. The molecule has 0 spiro atoms. The summed E-state index contributed by atoms with van der Waals surface area (Å²) in [5.41, 5.74) is 0.681. The van der Waals surface area contributed by atoms with E-state index >= 15 is 0 Å². The zero-order chi connectivity index (χ0) is 13.9. The number of aliphatic hydroxyl groups is 2. The molecule has 0 radical (unpaired) electrons. The van der Waals surface area contributed by atoms with Crippen LogP contribution in [0.3, 0.4) is 0 Å². The lowest BCUT2D eigenvalue weighted by Crippen LogP contribution is -2.42. The highest BCUT2D eigenvalue weighted by Crippen LogP contribution is 2.30. The van der Waals surface area contributed by atoms with E-state index in [1.54, 1.807) is 0 Å². The van der Waals surface area contributed by atoms with Crippen molar-refractivity contribution in [2.45, 2.75) is 31.9 Å². The smallest absolute Gasteiger partial charge is 0.137 e. The molecule has 1 aliphatic heterocycles. The van der Waals surface area contributed by atoms with Gasteiger partial charge in [0.05, 0.1) is 24.9 Å². The van der Waals surface area contributed by atoms with E-state index in [9.17, 15) is 10.2 Å². The van der Waals surface area contributed by atoms with Crippen LogP contribution in [-0.2, 0) is 6.61 Å². The number of piperidine rings is 1. The zero-order valence-electron chi connectivity index (χ0n) is 11.5. The number of benzene rings is 1. The van der Waals surface area contributed by atoms with Crippen molar-refractivity contribution in [3.8, 4) is 0 Å². The first-order chi connectivity index (χ1) is 9.83. The molecular formula is C16H20N2O2. The highest BCUT2D eigenvalue weighted by Gasteiger charge is 2.24. The molecule has 0 bridgehead atoms. The third-order valence-corrected chi connectivity index (χ3v) is 4.05. The normalized spacial score (nSPS) is 19.5. The summed E-state index contributed by atoms with van der Waals surface area (Å²) in [7, 11) is 0. The van der Waals surface area contributed by atoms with E-state index in [1.807, 2.05) is 24.3 Å². The minimum atomic E-state index is -0.0601. The van der Waals surface area contributed by atoms with Gasteiger partial charge in [0.25, 0.3) is 0 Å². The Kier molecular flexibility index (Phi) is 3.85. The quantitative estimate of drug-likeness (QED) is 0.898. The summed E-state index contributed by atoms with van der Waals surface area (Å²) in [6.45, 7) is 1.01. The van der Waals surface area contributed by atoms with Gasteiger partial charge in [-0.3, -0.25) is 0 Å². The summed E-state index contributed by atoms with van der Waals surface area (Å²) in [4.78, 5) is 6.81. The summed E-state index contributed by atoms with van der Waals surface area (Å²) in [6.07, 6.45) is 3.27. The van der Waals surface area contributed by atoms with Gasteiger partial charge in [0.1, 0.15) is 5.82 Å². The third kappa shape index (κ3) is 2.37. The average Bonchev–Trinajstić information content (AvgIpc) is 2.53. The van der Waals surface area contributed by atoms with Gasteiger partial charge in [-0.1, -0.05) is 24.3 Å². The predicted octanol–water partition coefficient (Wildman–Crippen LogP) is 2.08. The van der Waals surface area contributed by atoms with Gasteiger partial charge in [-0.25, -0.2) is 4.98 Å². The minimum Gasteiger partial charge on any atom is -0.394 e. The number of hydrogen-bond donors (Lipinski definition) is 2. The molecule has 0 saturated carbocycles. The van der Waals surface area contributed by atoms with Gasteiger partial charge in [0.15, 0.2) is 0 Å². The van der Waals surface area contributed by atoms with Crippen LogP contribution in [0.5, 0.6) is 0 Å². The van der Waals surface area contributed by atoms with Crippen LogP contribution >= 0.6 is 0 Å². The number of aromatic nitrogens is 1. The lowest BCUT2D eigenvalue weighted by Gasteiger charge is -2.36. The Labute approximate surface area is 118 Å². The van der Waals surface area contributed by atoms with Crippen LogP contribution in [0, 0.1) is 0 Å². The number of anilines is 1. The van der Waals surface area contributed by atoms with Gasteiger partial charge in [0, 0.05) is 11.9 Å². The highest BCUT2D eigenvalue weighted by molar-refractivity contribution is 5.92. The lowest BCUT2D eigenvalue weighted by molar-refractivity contribution is 0.239. The number of rotatable bonds is 3. The van der Waals surface area contributed by atoms with Crippen molar-refractivity contribution in [2.24, 2.45) is 0 Å². The molecule has 1 aliphatic rings. The second-order valence-electron chi connectivity index (χ2n) is 5.34. The molecule has 0 amide bonds. The first kappa shape index (κ1) is 13.3. The van der Waals surface area contributed by atoms with E-state index in [4.69, 9.17) is 0 Å². The molecule has 3 rings (SSSR count). The van der Waals surface area contributed by atoms with Crippen LogP contribution in [0.4, 0.5) is 5.82 Å². The van der Waals surface area contributed by atoms with E-state index < -0.39 is 0 Å². The summed E-state index contributed by atoms with van der Waals surface area (Å²) < 4.78 is 0. The van der Waals surface area contributed by atoms with E-state index in [0.29, 0.717) is 5.69 Å². The monoisotopic (exact) mass is 272 g/mol. The molecule has 4 nitrogen and oxygen atoms in total.